The van der Waals surface area contributed by atoms with Crippen LogP contribution in [-0.2, 0) is 0 Å². The number of hydroxylamine groups is 1. The first-order valence-corrected chi connectivity index (χ1v) is 3.85. The molecular formula is C8H8F2N4O. The first-order valence-electron chi connectivity index (χ1n) is 3.85. The van der Waals surface area contributed by atoms with Gasteiger partial charge in [0.05, 0.1) is 6.21 Å². The number of benzene rings is 1. The molecule has 1 aromatic rings. The van der Waals surface area contributed by atoms with E-state index in [1.54, 1.807) is 0 Å². The van der Waals surface area contributed by atoms with Crippen molar-refractivity contribution < 1.29 is 14.0 Å². The molecule has 0 saturated carbocycles. The molecule has 0 amide bonds. The van der Waals surface area contributed by atoms with Crippen LogP contribution in [0.2, 0.25) is 0 Å². The van der Waals surface area contributed by atoms with Crippen LogP contribution in [0.4, 0.5) is 8.78 Å². The van der Waals surface area contributed by atoms with Crippen molar-refractivity contribution in [3.05, 3.63) is 35.4 Å². The molecule has 0 bridgehead atoms. The maximum absolute atomic E-state index is 13.0. The number of nitrogens with zero attached hydrogens (tertiary/aromatic N) is 2. The van der Waals surface area contributed by atoms with Crippen molar-refractivity contribution >= 4 is 12.2 Å². The predicted octanol–water partition coefficient (Wildman–Crippen LogP) is 0.592. The Kier molecular flexibility index (Phi) is 3.69. The van der Waals surface area contributed by atoms with Gasteiger partial charge in [0.2, 0.25) is 5.96 Å². The highest BCUT2D eigenvalue weighted by Gasteiger charge is 2.04. The molecule has 0 fully saturated rings. The van der Waals surface area contributed by atoms with Crippen LogP contribution in [0.1, 0.15) is 5.56 Å². The van der Waals surface area contributed by atoms with Gasteiger partial charge in [-0.3, -0.25) is 5.21 Å². The van der Waals surface area contributed by atoms with Crippen LogP contribution in [0.15, 0.2) is 28.4 Å². The summed E-state index contributed by atoms with van der Waals surface area (Å²) in [6.07, 6.45) is 0.975. The van der Waals surface area contributed by atoms with Crippen LogP contribution < -0.4 is 11.2 Å². The van der Waals surface area contributed by atoms with Gasteiger partial charge in [-0.25, -0.2) is 14.3 Å². The van der Waals surface area contributed by atoms with Gasteiger partial charge in [-0.2, -0.15) is 5.10 Å². The molecule has 1 rings (SSSR count). The normalized spacial score (nSPS) is 12.1. The molecule has 5 nitrogen and oxygen atoms in total. The van der Waals surface area contributed by atoms with E-state index in [2.05, 4.69) is 10.2 Å². The second-order valence-corrected chi connectivity index (χ2v) is 2.48. The molecule has 0 aliphatic carbocycles. The van der Waals surface area contributed by atoms with Gasteiger partial charge in [-0.1, -0.05) is 12.1 Å². The lowest BCUT2D eigenvalue weighted by molar-refractivity contribution is 0.232. The van der Waals surface area contributed by atoms with Gasteiger partial charge in [0, 0.05) is 5.56 Å². The van der Waals surface area contributed by atoms with Crippen molar-refractivity contribution in [3.8, 4) is 0 Å². The van der Waals surface area contributed by atoms with Crippen LogP contribution in [0.3, 0.4) is 0 Å². The number of nitrogens with one attached hydrogen (secondary N) is 1. The van der Waals surface area contributed by atoms with E-state index in [0.717, 1.165) is 12.3 Å². The molecule has 0 aromatic heterocycles. The minimum absolute atomic E-state index is 0.0653. The monoisotopic (exact) mass is 214 g/mol. The summed E-state index contributed by atoms with van der Waals surface area (Å²) in [5.74, 6) is -2.36. The standard InChI is InChI=1S/C8H8F2N4O/c9-6-3-1-2-5(7(6)10)4-12-13-8(11)14-15/h1-4,15H,(H3,11,13,14)/b12-4+. The minimum Gasteiger partial charge on any atom is -0.367 e. The molecule has 0 saturated heterocycles. The number of nitrogens with two attached hydrogens (primary N) is 1. The fourth-order valence-corrected chi connectivity index (χ4v) is 0.796. The summed E-state index contributed by atoms with van der Waals surface area (Å²) in [5, 5.41) is 14.8. The highest BCUT2D eigenvalue weighted by molar-refractivity contribution is 5.81. The molecule has 80 valence electrons. The van der Waals surface area contributed by atoms with Crippen LogP contribution in [0.25, 0.3) is 0 Å². The molecule has 0 aliphatic rings. The van der Waals surface area contributed by atoms with Crippen molar-refractivity contribution in [1.82, 2.24) is 5.48 Å². The Morgan fingerprint density at radius 2 is 2.20 bits per heavy atom. The summed E-state index contributed by atoms with van der Waals surface area (Å²) < 4.78 is 25.7. The molecule has 0 atom stereocenters. The zero-order valence-electron chi connectivity index (χ0n) is 7.48. The highest BCUT2D eigenvalue weighted by atomic mass is 19.2. The van der Waals surface area contributed by atoms with E-state index in [9.17, 15) is 8.78 Å². The predicted molar refractivity (Wildman–Crippen MR) is 50.5 cm³/mol. The molecule has 0 unspecified atom stereocenters. The zero-order chi connectivity index (χ0) is 11.3. The topological polar surface area (TPSA) is 83.0 Å². The molecule has 1 aromatic carbocycles. The van der Waals surface area contributed by atoms with Crippen LogP contribution in [-0.4, -0.2) is 17.4 Å². The lowest BCUT2D eigenvalue weighted by Crippen LogP contribution is -2.27. The summed E-state index contributed by atoms with van der Waals surface area (Å²) in [5.41, 5.74) is 6.47. The van der Waals surface area contributed by atoms with Gasteiger partial charge in [0.1, 0.15) is 0 Å². The zero-order valence-corrected chi connectivity index (χ0v) is 7.48. The summed E-state index contributed by atoms with van der Waals surface area (Å²) in [6.45, 7) is 0. The van der Waals surface area contributed by atoms with E-state index < -0.39 is 11.6 Å². The fourth-order valence-electron chi connectivity index (χ4n) is 0.796. The average molecular weight is 214 g/mol. The molecule has 0 radical (unpaired) electrons. The summed E-state index contributed by atoms with van der Waals surface area (Å²) in [4.78, 5) is 0. The molecular weight excluding hydrogens is 206 g/mol. The Morgan fingerprint density at radius 1 is 1.47 bits per heavy atom. The van der Waals surface area contributed by atoms with Crippen molar-refractivity contribution in [3.63, 3.8) is 0 Å². The third-order valence-electron chi connectivity index (χ3n) is 1.46. The molecule has 0 spiro atoms. The third kappa shape index (κ3) is 2.99. The number of guanidine groups is 1. The van der Waals surface area contributed by atoms with Crippen molar-refractivity contribution in [2.24, 2.45) is 15.9 Å². The Morgan fingerprint density at radius 3 is 2.87 bits per heavy atom. The number of rotatable bonds is 2. The van der Waals surface area contributed by atoms with E-state index in [0.29, 0.717) is 0 Å². The summed E-state index contributed by atoms with van der Waals surface area (Å²) >= 11 is 0. The molecule has 0 aliphatic heterocycles. The van der Waals surface area contributed by atoms with Gasteiger partial charge >= 0.3 is 0 Å². The maximum atomic E-state index is 13.0. The first-order chi connectivity index (χ1) is 7.15. The SMILES string of the molecule is N/C(=N/N=C/c1cccc(F)c1F)NO. The molecule has 15 heavy (non-hydrogen) atoms. The van der Waals surface area contributed by atoms with Gasteiger partial charge < -0.3 is 5.73 Å². The second-order valence-electron chi connectivity index (χ2n) is 2.48. The lowest BCUT2D eigenvalue weighted by atomic mass is 10.2. The Labute approximate surface area is 83.9 Å². The van der Waals surface area contributed by atoms with Crippen molar-refractivity contribution in [1.29, 1.82) is 0 Å². The Hall–Kier alpha value is -2.02. The number of hydrogen-bond acceptors (Lipinski definition) is 3. The van der Waals surface area contributed by atoms with E-state index in [1.165, 1.54) is 17.6 Å². The Bertz CT molecular complexity index is 406. The second kappa shape index (κ2) is 5.01. The van der Waals surface area contributed by atoms with E-state index in [-0.39, 0.29) is 11.5 Å². The minimum atomic E-state index is -1.02. The van der Waals surface area contributed by atoms with Crippen LogP contribution >= 0.6 is 0 Å². The summed E-state index contributed by atoms with van der Waals surface area (Å²) in [6, 6.07) is 3.64. The molecule has 4 N–H and O–H groups in total. The number of hydrogen-bond donors (Lipinski definition) is 3. The fraction of sp³-hybridized carbons (Fsp3) is 0. The third-order valence-corrected chi connectivity index (χ3v) is 1.46. The van der Waals surface area contributed by atoms with E-state index >= 15 is 0 Å². The smallest absolute Gasteiger partial charge is 0.237 e. The molecule has 0 heterocycles. The van der Waals surface area contributed by atoms with Crippen LogP contribution in [0.5, 0.6) is 0 Å². The van der Waals surface area contributed by atoms with Gasteiger partial charge in [0.15, 0.2) is 11.6 Å². The average Bonchev–Trinajstić information content (AvgIpc) is 2.24. The van der Waals surface area contributed by atoms with Gasteiger partial charge in [-0.15, -0.1) is 5.10 Å². The van der Waals surface area contributed by atoms with Crippen LogP contribution in [0, 0.1) is 11.6 Å². The summed E-state index contributed by atoms with van der Waals surface area (Å²) in [7, 11) is 0. The first kappa shape index (κ1) is 11.1. The van der Waals surface area contributed by atoms with E-state index in [1.807, 2.05) is 0 Å². The largest absolute Gasteiger partial charge is 0.367 e. The van der Waals surface area contributed by atoms with E-state index in [4.69, 9.17) is 10.9 Å². The van der Waals surface area contributed by atoms with Gasteiger partial charge in [0.25, 0.3) is 0 Å². The molecule has 7 heteroatoms. The Balaban J connectivity index is 2.86. The quantitative estimate of drug-likeness (QED) is 0.383. The lowest BCUT2D eigenvalue weighted by Gasteiger charge is -1.95. The maximum Gasteiger partial charge on any atom is 0.237 e. The highest BCUT2D eigenvalue weighted by Crippen LogP contribution is 2.08. The number of halogens is 2. The van der Waals surface area contributed by atoms with Gasteiger partial charge in [-0.05, 0) is 6.07 Å². The van der Waals surface area contributed by atoms with Crippen molar-refractivity contribution in [2.45, 2.75) is 0 Å². The van der Waals surface area contributed by atoms with Crippen molar-refractivity contribution in [2.75, 3.05) is 0 Å².